The number of halogens is 3. The first-order chi connectivity index (χ1) is 1.41. The molecule has 0 aromatic heterocycles. The van der Waals surface area contributed by atoms with Crippen LogP contribution in [0.4, 0.5) is 0 Å². The van der Waals surface area contributed by atoms with Gasteiger partial charge in [-0.2, -0.15) is 0 Å². The second-order valence-electron chi connectivity index (χ2n) is 0.289. The van der Waals surface area contributed by atoms with Gasteiger partial charge < -0.3 is 37.2 Å². The molecule has 0 atom stereocenters. The Morgan fingerprint density at radius 1 is 1.14 bits per heavy atom. The van der Waals surface area contributed by atoms with Crippen LogP contribution in [0.5, 0.6) is 0 Å². The van der Waals surface area contributed by atoms with Crippen molar-refractivity contribution in [1.82, 2.24) is 0 Å². The van der Waals surface area contributed by atoms with Crippen LogP contribution in [0, 0.1) is 6.92 Å². The van der Waals surface area contributed by atoms with E-state index in [0.717, 1.165) is 0 Å². The first-order valence-electron chi connectivity index (χ1n) is 0.816. The van der Waals surface area contributed by atoms with Crippen LogP contribution in [0.1, 0.15) is 0 Å². The molecule has 0 aliphatic heterocycles. The van der Waals surface area contributed by atoms with E-state index in [9.17, 15) is 0 Å². The van der Waals surface area contributed by atoms with Gasteiger partial charge in [0.05, 0.1) is 0 Å². The predicted molar refractivity (Wildman–Crippen MR) is 15.6 cm³/mol. The summed E-state index contributed by atoms with van der Waals surface area (Å²) in [6, 6.07) is 0. The van der Waals surface area contributed by atoms with Crippen molar-refractivity contribution in [2.45, 2.75) is 0 Å². The Morgan fingerprint density at radius 3 is 1.14 bits per heavy atom. The molecule has 0 aliphatic carbocycles. The van der Waals surface area contributed by atoms with E-state index >= 15 is 0 Å². The Kier molecular flexibility index (Phi) is 340. The second-order valence-corrected chi connectivity index (χ2v) is 0.289. The minimum Gasteiger partial charge on any atom is -1.00 e. The van der Waals surface area contributed by atoms with E-state index in [2.05, 4.69) is 13.5 Å². The molecule has 0 heterocycles. The van der Waals surface area contributed by atoms with E-state index in [0.29, 0.717) is 0 Å². The molecule has 0 rings (SSSR count). The maximum atomic E-state index is 3.25. The quantitative estimate of drug-likeness (QED) is 0.266. The molecule has 0 bridgehead atoms. The van der Waals surface area contributed by atoms with E-state index in [-0.39, 0.29) is 58.9 Å². The van der Waals surface area contributed by atoms with Crippen molar-refractivity contribution in [2.75, 3.05) is 0 Å². The summed E-state index contributed by atoms with van der Waals surface area (Å²) in [6.07, 6.45) is 1.50. The van der Waals surface area contributed by atoms with Crippen LogP contribution in [0.15, 0.2) is 12.7 Å². The fraction of sp³-hybridized carbons (Fsp3) is 0. The third-order valence-corrected chi connectivity index (χ3v) is 0. The summed E-state index contributed by atoms with van der Waals surface area (Å²) >= 11 is 0. The summed E-state index contributed by atoms with van der Waals surface area (Å²) in [5, 5.41) is 0. The fourth-order valence-corrected chi connectivity index (χ4v) is 0. The SMILES string of the molecule is C=C[CH2-].[Cl-].[Cl-].[Cl-].[Ti+4]. The smallest absolute Gasteiger partial charge is 1.00 e. The molecule has 0 radical (unpaired) electrons. The van der Waals surface area contributed by atoms with Gasteiger partial charge in [0.2, 0.25) is 0 Å². The van der Waals surface area contributed by atoms with Crippen LogP contribution < -0.4 is 37.2 Å². The third-order valence-electron chi connectivity index (χ3n) is 0. The molecule has 0 aromatic rings. The van der Waals surface area contributed by atoms with Crippen molar-refractivity contribution in [1.29, 1.82) is 0 Å². The Labute approximate surface area is 78.2 Å². The van der Waals surface area contributed by atoms with Crippen molar-refractivity contribution in [3.8, 4) is 0 Å². The van der Waals surface area contributed by atoms with E-state index < -0.39 is 0 Å². The molecule has 0 aromatic carbocycles. The van der Waals surface area contributed by atoms with Gasteiger partial charge in [-0.05, 0) is 0 Å². The molecular formula is C3H5Cl3Ti. The van der Waals surface area contributed by atoms with Gasteiger partial charge in [0.1, 0.15) is 0 Å². The third kappa shape index (κ3) is 136. The largest absolute Gasteiger partial charge is 4.00 e. The Hall–Kier alpha value is 1.19. The second kappa shape index (κ2) is 57.3. The molecule has 42 valence electrons. The maximum absolute atomic E-state index is 3.25. The Balaban J connectivity index is -0.00000000333. The average molecular weight is 195 g/mol. The fourth-order valence-electron chi connectivity index (χ4n) is 0. The summed E-state index contributed by atoms with van der Waals surface area (Å²) in [7, 11) is 0. The van der Waals surface area contributed by atoms with Crippen LogP contribution in [-0.4, -0.2) is 0 Å². The summed E-state index contributed by atoms with van der Waals surface area (Å²) in [6.45, 7) is 6.50. The topological polar surface area (TPSA) is 0 Å². The van der Waals surface area contributed by atoms with Crippen molar-refractivity contribution >= 4 is 0 Å². The van der Waals surface area contributed by atoms with Gasteiger partial charge in [0, 0.05) is 0 Å². The zero-order valence-electron chi connectivity index (χ0n) is 3.63. The molecule has 0 N–H and O–H groups in total. The summed E-state index contributed by atoms with van der Waals surface area (Å²) < 4.78 is 0. The molecule has 4 heteroatoms. The van der Waals surface area contributed by atoms with Crippen molar-refractivity contribution in [3.63, 3.8) is 0 Å². The summed E-state index contributed by atoms with van der Waals surface area (Å²) in [4.78, 5) is 0. The van der Waals surface area contributed by atoms with E-state index in [1.165, 1.54) is 6.08 Å². The standard InChI is InChI=1S/C3H5.3ClH.Ti/c1-3-2;;;;/h3H,1-2H2;3*1H;/q-1;;;;+4/p-3. The van der Waals surface area contributed by atoms with E-state index in [4.69, 9.17) is 0 Å². The normalized spacial score (nSPS) is 1.71. The molecule has 0 aliphatic rings. The van der Waals surface area contributed by atoms with Gasteiger partial charge in [-0.25, -0.2) is 19.6 Å². The zero-order valence-corrected chi connectivity index (χ0v) is 7.45. The monoisotopic (exact) mass is 194 g/mol. The van der Waals surface area contributed by atoms with Gasteiger partial charge in [0.15, 0.2) is 0 Å². The summed E-state index contributed by atoms with van der Waals surface area (Å²) in [5.74, 6) is 0. The van der Waals surface area contributed by atoms with E-state index in [1.807, 2.05) is 0 Å². The average Bonchev–Trinajstić information content (AvgIpc) is 0.918. The minimum atomic E-state index is 0. The molecule has 0 saturated carbocycles. The van der Waals surface area contributed by atoms with Gasteiger partial charge in [-0.3, -0.25) is 0 Å². The number of rotatable bonds is 0. The van der Waals surface area contributed by atoms with Crippen LogP contribution in [0.3, 0.4) is 0 Å². The first kappa shape index (κ1) is 41.6. The van der Waals surface area contributed by atoms with Gasteiger partial charge in [0.25, 0.3) is 0 Å². The number of hydrogen-bond donors (Lipinski definition) is 0. The number of hydrogen-bond acceptors (Lipinski definition) is 0. The minimum absolute atomic E-state index is 0. The number of allylic oxidation sites excluding steroid dienone is 1. The van der Waals surface area contributed by atoms with Crippen LogP contribution >= 0.6 is 0 Å². The van der Waals surface area contributed by atoms with Crippen LogP contribution in [-0.2, 0) is 21.7 Å². The molecule has 0 saturated heterocycles. The van der Waals surface area contributed by atoms with Crippen LogP contribution in [0.25, 0.3) is 0 Å². The van der Waals surface area contributed by atoms with Gasteiger partial charge in [-0.15, -0.1) is 0 Å². The Morgan fingerprint density at radius 2 is 1.14 bits per heavy atom. The Bertz CT molecular complexity index is 17.7. The maximum Gasteiger partial charge on any atom is 4.00 e. The zero-order chi connectivity index (χ0) is 2.71. The molecule has 0 unspecified atom stereocenters. The molecular weight excluding hydrogens is 190 g/mol. The van der Waals surface area contributed by atoms with E-state index in [1.54, 1.807) is 0 Å². The van der Waals surface area contributed by atoms with Gasteiger partial charge in [-0.1, -0.05) is 0 Å². The van der Waals surface area contributed by atoms with Crippen molar-refractivity contribution in [2.24, 2.45) is 0 Å². The summed E-state index contributed by atoms with van der Waals surface area (Å²) in [5.41, 5.74) is 0. The first-order valence-corrected chi connectivity index (χ1v) is 0.816. The molecule has 0 fully saturated rings. The molecule has 0 amide bonds. The molecule has 0 nitrogen and oxygen atoms in total. The van der Waals surface area contributed by atoms with Crippen LogP contribution in [0.2, 0.25) is 0 Å². The predicted octanol–water partition coefficient (Wildman–Crippen LogP) is -7.98. The van der Waals surface area contributed by atoms with Gasteiger partial charge >= 0.3 is 21.7 Å². The van der Waals surface area contributed by atoms with Crippen molar-refractivity contribution in [3.05, 3.63) is 19.6 Å². The van der Waals surface area contributed by atoms with Crippen molar-refractivity contribution < 1.29 is 58.9 Å². The molecule has 0 spiro atoms. The molecule has 7 heavy (non-hydrogen) atoms.